The van der Waals surface area contributed by atoms with Gasteiger partial charge in [-0.15, -0.1) is 11.6 Å². The van der Waals surface area contributed by atoms with Crippen molar-refractivity contribution in [3.05, 3.63) is 30.1 Å². The van der Waals surface area contributed by atoms with Crippen molar-refractivity contribution in [2.75, 3.05) is 0 Å². The third kappa shape index (κ3) is 2.09. The molecule has 15 heavy (non-hydrogen) atoms. The van der Waals surface area contributed by atoms with E-state index in [1.807, 2.05) is 0 Å². The number of aromatic nitrogens is 1. The molecule has 1 heterocycles. The molecule has 0 spiro atoms. The summed E-state index contributed by atoms with van der Waals surface area (Å²) in [7, 11) is 0. The summed E-state index contributed by atoms with van der Waals surface area (Å²) < 4.78 is 38.6. The Labute approximate surface area is 91.3 Å². The Hall–Kier alpha value is -0.770. The van der Waals surface area contributed by atoms with Crippen LogP contribution in [-0.4, -0.2) is 11.2 Å². The van der Waals surface area contributed by atoms with Gasteiger partial charge in [0.1, 0.15) is 0 Å². The number of hydrogen-bond donors (Lipinski definition) is 0. The second-order valence-corrected chi connectivity index (χ2v) is 4.18. The topological polar surface area (TPSA) is 12.9 Å². The number of hydrogen-bond acceptors (Lipinski definition) is 1. The van der Waals surface area contributed by atoms with Crippen LogP contribution in [0.3, 0.4) is 0 Å². The summed E-state index contributed by atoms with van der Waals surface area (Å²) in [5, 5.41) is 0. The molecule has 5 heteroatoms. The molecule has 0 saturated carbocycles. The zero-order valence-electron chi connectivity index (χ0n) is 8.35. The van der Waals surface area contributed by atoms with Gasteiger partial charge >= 0.3 is 6.18 Å². The molecule has 1 rings (SSSR count). The van der Waals surface area contributed by atoms with Gasteiger partial charge in [0.2, 0.25) is 0 Å². The van der Waals surface area contributed by atoms with Crippen molar-refractivity contribution in [3.8, 4) is 0 Å². The lowest BCUT2D eigenvalue weighted by Gasteiger charge is -2.32. The van der Waals surface area contributed by atoms with Crippen LogP contribution in [0.5, 0.6) is 0 Å². The highest BCUT2D eigenvalue weighted by Crippen LogP contribution is 2.48. The Morgan fingerprint density at radius 1 is 1.27 bits per heavy atom. The van der Waals surface area contributed by atoms with Crippen LogP contribution in [0.2, 0.25) is 0 Å². The first-order chi connectivity index (χ1) is 6.80. The number of alkyl halides is 4. The maximum atomic E-state index is 12.9. The van der Waals surface area contributed by atoms with Gasteiger partial charge in [0.25, 0.3) is 0 Å². The molecule has 1 aromatic heterocycles. The summed E-state index contributed by atoms with van der Waals surface area (Å²) in [6.45, 7) is 2.85. The molecular weight excluding hydrogens is 227 g/mol. The minimum absolute atomic E-state index is 0.158. The highest BCUT2D eigenvalue weighted by Gasteiger charge is 2.57. The molecule has 0 N–H and O–H groups in total. The normalized spacial score (nSPS) is 16.5. The van der Waals surface area contributed by atoms with E-state index in [4.69, 9.17) is 11.6 Å². The van der Waals surface area contributed by atoms with E-state index in [1.165, 1.54) is 32.2 Å². The minimum atomic E-state index is -4.52. The largest absolute Gasteiger partial charge is 0.413 e. The summed E-state index contributed by atoms with van der Waals surface area (Å²) in [5.74, 6) is -0.783. The standard InChI is InChI=1S/C10H11ClF3N/c1-7(2)9(11,10(12,13)14)8-5-3-4-6-15-8/h3-7H,1-2H3. The summed E-state index contributed by atoms with van der Waals surface area (Å²) in [5.41, 5.74) is -0.158. The summed E-state index contributed by atoms with van der Waals surface area (Å²) in [6.07, 6.45) is -3.21. The molecule has 0 aliphatic heterocycles. The third-order valence-corrected chi connectivity index (χ3v) is 3.09. The first-order valence-corrected chi connectivity index (χ1v) is 4.85. The smallest absolute Gasteiger partial charge is 0.259 e. The highest BCUT2D eigenvalue weighted by atomic mass is 35.5. The predicted molar refractivity (Wildman–Crippen MR) is 52.7 cm³/mol. The van der Waals surface area contributed by atoms with E-state index in [1.54, 1.807) is 6.07 Å². The summed E-state index contributed by atoms with van der Waals surface area (Å²) in [6, 6.07) is 4.34. The molecule has 0 aromatic carbocycles. The molecule has 0 fully saturated rings. The minimum Gasteiger partial charge on any atom is -0.259 e. The average Bonchev–Trinajstić information content (AvgIpc) is 2.16. The monoisotopic (exact) mass is 237 g/mol. The van der Waals surface area contributed by atoms with Crippen molar-refractivity contribution in [1.29, 1.82) is 0 Å². The van der Waals surface area contributed by atoms with E-state index < -0.39 is 17.0 Å². The maximum Gasteiger partial charge on any atom is 0.413 e. The van der Waals surface area contributed by atoms with Crippen molar-refractivity contribution in [2.24, 2.45) is 5.92 Å². The van der Waals surface area contributed by atoms with Gasteiger partial charge in [0, 0.05) is 6.20 Å². The van der Waals surface area contributed by atoms with Gasteiger partial charge in [-0.3, -0.25) is 4.98 Å². The molecule has 1 nitrogen and oxygen atoms in total. The Morgan fingerprint density at radius 3 is 2.20 bits per heavy atom. The van der Waals surface area contributed by atoms with Crippen LogP contribution in [0.15, 0.2) is 24.4 Å². The quantitative estimate of drug-likeness (QED) is 0.714. The molecule has 84 valence electrons. The SMILES string of the molecule is CC(C)C(Cl)(c1ccccn1)C(F)(F)F. The molecule has 1 unspecified atom stereocenters. The molecule has 1 atom stereocenters. The Morgan fingerprint density at radius 2 is 1.87 bits per heavy atom. The van der Waals surface area contributed by atoms with Crippen LogP contribution in [0.4, 0.5) is 13.2 Å². The van der Waals surface area contributed by atoms with Crippen molar-refractivity contribution in [3.63, 3.8) is 0 Å². The molecule has 0 aliphatic carbocycles. The van der Waals surface area contributed by atoms with Crippen LogP contribution < -0.4 is 0 Å². The van der Waals surface area contributed by atoms with Gasteiger partial charge in [0.05, 0.1) is 5.69 Å². The van der Waals surface area contributed by atoms with E-state index in [2.05, 4.69) is 4.98 Å². The molecule has 0 radical (unpaired) electrons. The van der Waals surface area contributed by atoms with Gasteiger partial charge in [-0.2, -0.15) is 13.2 Å². The zero-order chi connectivity index (χ0) is 11.7. The number of pyridine rings is 1. The third-order valence-electron chi connectivity index (χ3n) is 2.25. The van der Waals surface area contributed by atoms with E-state index >= 15 is 0 Å². The van der Waals surface area contributed by atoms with Gasteiger partial charge in [0.15, 0.2) is 4.87 Å². The number of rotatable bonds is 2. The second-order valence-electron chi connectivity index (χ2n) is 3.58. The van der Waals surface area contributed by atoms with E-state index in [-0.39, 0.29) is 5.69 Å². The molecule has 0 saturated heterocycles. The van der Waals surface area contributed by atoms with E-state index in [0.717, 1.165) is 0 Å². The van der Waals surface area contributed by atoms with Crippen molar-refractivity contribution in [2.45, 2.75) is 24.9 Å². The Kier molecular flexibility index (Phi) is 3.28. The Balaban J connectivity index is 3.26. The van der Waals surface area contributed by atoms with E-state index in [0.29, 0.717) is 0 Å². The van der Waals surface area contributed by atoms with Gasteiger partial charge in [-0.25, -0.2) is 0 Å². The van der Waals surface area contributed by atoms with Gasteiger partial charge in [-0.05, 0) is 18.1 Å². The second kappa shape index (κ2) is 4.00. The zero-order valence-corrected chi connectivity index (χ0v) is 9.10. The fourth-order valence-corrected chi connectivity index (χ4v) is 1.46. The molecule has 0 aliphatic rings. The molecule has 1 aromatic rings. The molecule has 0 amide bonds. The van der Waals surface area contributed by atoms with Crippen molar-refractivity contribution >= 4 is 11.6 Å². The highest BCUT2D eigenvalue weighted by molar-refractivity contribution is 6.24. The first kappa shape index (κ1) is 12.3. The fourth-order valence-electron chi connectivity index (χ4n) is 1.35. The summed E-state index contributed by atoms with van der Waals surface area (Å²) in [4.78, 5) is 1.28. The van der Waals surface area contributed by atoms with Crippen molar-refractivity contribution in [1.82, 2.24) is 4.98 Å². The lowest BCUT2D eigenvalue weighted by atomic mass is 9.90. The maximum absolute atomic E-state index is 12.9. The number of nitrogens with zero attached hydrogens (tertiary/aromatic N) is 1. The molecular formula is C10H11ClF3N. The number of halogens is 4. The van der Waals surface area contributed by atoms with Gasteiger partial charge < -0.3 is 0 Å². The van der Waals surface area contributed by atoms with Crippen LogP contribution in [0.1, 0.15) is 19.5 Å². The lowest BCUT2D eigenvalue weighted by molar-refractivity contribution is -0.176. The first-order valence-electron chi connectivity index (χ1n) is 4.47. The molecule has 0 bridgehead atoms. The van der Waals surface area contributed by atoms with Crippen LogP contribution in [0, 0.1) is 5.92 Å². The summed E-state index contributed by atoms with van der Waals surface area (Å²) >= 11 is 5.69. The van der Waals surface area contributed by atoms with Gasteiger partial charge in [-0.1, -0.05) is 19.9 Å². The van der Waals surface area contributed by atoms with Crippen LogP contribution in [-0.2, 0) is 4.87 Å². The van der Waals surface area contributed by atoms with Crippen LogP contribution >= 0.6 is 11.6 Å². The lowest BCUT2D eigenvalue weighted by Crippen LogP contribution is -2.42. The fraction of sp³-hybridized carbons (Fsp3) is 0.500. The van der Waals surface area contributed by atoms with E-state index in [9.17, 15) is 13.2 Å². The van der Waals surface area contributed by atoms with Crippen LogP contribution in [0.25, 0.3) is 0 Å². The predicted octanol–water partition coefficient (Wildman–Crippen LogP) is 3.73. The average molecular weight is 238 g/mol. The Bertz CT molecular complexity index is 323. The van der Waals surface area contributed by atoms with Crippen molar-refractivity contribution < 1.29 is 13.2 Å².